The highest BCUT2D eigenvalue weighted by molar-refractivity contribution is 6.07. The molecule has 1 amide bonds. The van der Waals surface area contributed by atoms with Crippen LogP contribution in [0.2, 0.25) is 0 Å². The zero-order valence-corrected chi connectivity index (χ0v) is 11.3. The lowest BCUT2D eigenvalue weighted by Crippen LogP contribution is -2.14. The quantitative estimate of drug-likeness (QED) is 0.796. The van der Waals surface area contributed by atoms with Crippen LogP contribution in [0, 0.1) is 0 Å². The van der Waals surface area contributed by atoms with Gasteiger partial charge in [0, 0.05) is 17.6 Å². The summed E-state index contributed by atoms with van der Waals surface area (Å²) in [5.41, 5.74) is 1.58. The number of pyridine rings is 1. The predicted molar refractivity (Wildman–Crippen MR) is 78.3 cm³/mol. The molecule has 0 aliphatic carbocycles. The van der Waals surface area contributed by atoms with Gasteiger partial charge in [-0.3, -0.25) is 9.78 Å². The van der Waals surface area contributed by atoms with Crippen molar-refractivity contribution in [2.24, 2.45) is 0 Å². The molecular formula is C15H12N4O2. The number of aromatic nitrogens is 3. The standard InChI is InChI=1S/C15H12N4O2/c1-21-13-8-7-12(18-19-13)15(20)17-11-6-2-4-10-5-3-9-16-14(10)11/h2-9H,1H3,(H,17,20). The van der Waals surface area contributed by atoms with E-state index in [0.29, 0.717) is 11.6 Å². The third-order valence-corrected chi connectivity index (χ3v) is 2.96. The zero-order chi connectivity index (χ0) is 14.7. The van der Waals surface area contributed by atoms with Crippen LogP contribution in [0.3, 0.4) is 0 Å². The van der Waals surface area contributed by atoms with Crippen LogP contribution >= 0.6 is 0 Å². The summed E-state index contributed by atoms with van der Waals surface area (Å²) in [6.45, 7) is 0. The van der Waals surface area contributed by atoms with E-state index in [1.54, 1.807) is 24.4 Å². The van der Waals surface area contributed by atoms with Gasteiger partial charge >= 0.3 is 0 Å². The van der Waals surface area contributed by atoms with Crippen molar-refractivity contribution in [2.45, 2.75) is 0 Å². The van der Waals surface area contributed by atoms with Gasteiger partial charge in [-0.2, -0.15) is 0 Å². The first-order chi connectivity index (χ1) is 10.3. The van der Waals surface area contributed by atoms with Gasteiger partial charge in [-0.15, -0.1) is 10.2 Å². The molecule has 3 rings (SSSR count). The highest BCUT2D eigenvalue weighted by Crippen LogP contribution is 2.21. The second-order valence-electron chi connectivity index (χ2n) is 4.30. The van der Waals surface area contributed by atoms with Crippen LogP contribution in [-0.4, -0.2) is 28.2 Å². The summed E-state index contributed by atoms with van der Waals surface area (Å²) in [5, 5.41) is 11.3. The van der Waals surface area contributed by atoms with Crippen molar-refractivity contribution in [3.63, 3.8) is 0 Å². The number of nitrogens with zero attached hydrogens (tertiary/aromatic N) is 3. The first-order valence-corrected chi connectivity index (χ1v) is 6.31. The molecule has 3 aromatic rings. The van der Waals surface area contributed by atoms with E-state index < -0.39 is 0 Å². The Kier molecular flexibility index (Phi) is 3.42. The number of methoxy groups -OCH3 is 1. The Morgan fingerprint density at radius 2 is 1.95 bits per heavy atom. The summed E-state index contributed by atoms with van der Waals surface area (Å²) in [6.07, 6.45) is 1.69. The monoisotopic (exact) mass is 280 g/mol. The van der Waals surface area contributed by atoms with Gasteiger partial charge in [0.25, 0.3) is 5.91 Å². The molecule has 0 atom stereocenters. The maximum atomic E-state index is 12.2. The Morgan fingerprint density at radius 1 is 1.10 bits per heavy atom. The van der Waals surface area contributed by atoms with Gasteiger partial charge in [0.05, 0.1) is 18.3 Å². The van der Waals surface area contributed by atoms with E-state index in [9.17, 15) is 4.79 Å². The van der Waals surface area contributed by atoms with Crippen LogP contribution in [0.15, 0.2) is 48.7 Å². The van der Waals surface area contributed by atoms with Gasteiger partial charge in [-0.25, -0.2) is 0 Å². The molecule has 0 radical (unpaired) electrons. The van der Waals surface area contributed by atoms with Crippen molar-refractivity contribution in [2.75, 3.05) is 12.4 Å². The summed E-state index contributed by atoms with van der Waals surface area (Å²) >= 11 is 0. The lowest BCUT2D eigenvalue weighted by atomic mass is 10.2. The average Bonchev–Trinajstić information content (AvgIpc) is 2.55. The van der Waals surface area contributed by atoms with Crippen molar-refractivity contribution < 1.29 is 9.53 Å². The van der Waals surface area contributed by atoms with Crippen LogP contribution in [0.25, 0.3) is 10.9 Å². The topological polar surface area (TPSA) is 77.0 Å². The fourth-order valence-electron chi connectivity index (χ4n) is 1.94. The largest absolute Gasteiger partial charge is 0.480 e. The van der Waals surface area contributed by atoms with Gasteiger partial charge in [0.2, 0.25) is 5.88 Å². The molecule has 0 aliphatic rings. The average molecular weight is 280 g/mol. The number of hydrogen-bond acceptors (Lipinski definition) is 5. The number of hydrogen-bond donors (Lipinski definition) is 1. The second kappa shape index (κ2) is 5.54. The van der Waals surface area contributed by atoms with Crippen LogP contribution in [-0.2, 0) is 0 Å². The first kappa shape index (κ1) is 13.0. The van der Waals surface area contributed by atoms with E-state index in [1.165, 1.54) is 7.11 Å². The third kappa shape index (κ3) is 2.64. The number of benzene rings is 1. The molecule has 0 fully saturated rings. The molecule has 0 unspecified atom stereocenters. The number of carbonyl (C=O) groups excluding carboxylic acids is 1. The van der Waals surface area contributed by atoms with Crippen LogP contribution < -0.4 is 10.1 Å². The molecule has 1 N–H and O–H groups in total. The molecule has 21 heavy (non-hydrogen) atoms. The van der Waals surface area contributed by atoms with E-state index in [2.05, 4.69) is 20.5 Å². The minimum Gasteiger partial charge on any atom is -0.480 e. The molecule has 104 valence electrons. The van der Waals surface area contributed by atoms with Crippen LogP contribution in [0.5, 0.6) is 5.88 Å². The summed E-state index contributed by atoms with van der Waals surface area (Å²) in [6, 6.07) is 12.5. The predicted octanol–water partition coefficient (Wildman–Crippen LogP) is 2.29. The fraction of sp³-hybridized carbons (Fsp3) is 0.0667. The Hall–Kier alpha value is -3.02. The maximum Gasteiger partial charge on any atom is 0.276 e. The lowest BCUT2D eigenvalue weighted by Gasteiger charge is -2.07. The Labute approximate surface area is 120 Å². The number of fused-ring (bicyclic) bond motifs is 1. The molecule has 6 heteroatoms. The van der Waals surface area contributed by atoms with E-state index in [-0.39, 0.29) is 11.6 Å². The summed E-state index contributed by atoms with van der Waals surface area (Å²) in [7, 11) is 1.49. The summed E-state index contributed by atoms with van der Waals surface area (Å²) in [5.74, 6) is 0.0154. The van der Waals surface area contributed by atoms with Gasteiger partial charge < -0.3 is 10.1 Å². The molecule has 2 heterocycles. The molecule has 0 saturated carbocycles. The third-order valence-electron chi connectivity index (χ3n) is 2.96. The van der Waals surface area contributed by atoms with Gasteiger partial charge in [-0.1, -0.05) is 18.2 Å². The van der Waals surface area contributed by atoms with Gasteiger partial charge in [-0.05, 0) is 18.2 Å². The number of amides is 1. The van der Waals surface area contributed by atoms with Crippen molar-refractivity contribution in [3.05, 3.63) is 54.4 Å². The van der Waals surface area contributed by atoms with E-state index in [1.807, 2.05) is 24.3 Å². The van der Waals surface area contributed by atoms with Crippen LogP contribution in [0.4, 0.5) is 5.69 Å². The van der Waals surface area contributed by atoms with Crippen molar-refractivity contribution in [1.82, 2.24) is 15.2 Å². The van der Waals surface area contributed by atoms with Crippen LogP contribution in [0.1, 0.15) is 10.5 Å². The number of anilines is 1. The summed E-state index contributed by atoms with van der Waals surface area (Å²) in [4.78, 5) is 16.5. The van der Waals surface area contributed by atoms with E-state index >= 15 is 0 Å². The summed E-state index contributed by atoms with van der Waals surface area (Å²) < 4.78 is 4.91. The number of carbonyl (C=O) groups is 1. The number of para-hydroxylation sites is 1. The number of nitrogens with one attached hydrogen (secondary N) is 1. The molecule has 0 aliphatic heterocycles. The van der Waals surface area contributed by atoms with E-state index in [4.69, 9.17) is 4.74 Å². The highest BCUT2D eigenvalue weighted by atomic mass is 16.5. The zero-order valence-electron chi connectivity index (χ0n) is 11.3. The minimum absolute atomic E-state index is 0.212. The molecular weight excluding hydrogens is 268 g/mol. The van der Waals surface area contributed by atoms with Gasteiger partial charge in [0.1, 0.15) is 0 Å². The molecule has 0 spiro atoms. The van der Waals surface area contributed by atoms with Crippen molar-refractivity contribution >= 4 is 22.5 Å². The Bertz CT molecular complexity index is 782. The molecule has 6 nitrogen and oxygen atoms in total. The maximum absolute atomic E-state index is 12.2. The van der Waals surface area contributed by atoms with Crippen molar-refractivity contribution in [1.29, 1.82) is 0 Å². The van der Waals surface area contributed by atoms with Gasteiger partial charge in [0.15, 0.2) is 5.69 Å². The smallest absolute Gasteiger partial charge is 0.276 e. The normalized spacial score (nSPS) is 10.3. The first-order valence-electron chi connectivity index (χ1n) is 6.31. The number of ether oxygens (including phenoxy) is 1. The second-order valence-corrected chi connectivity index (χ2v) is 4.30. The molecule has 2 aromatic heterocycles. The fourth-order valence-corrected chi connectivity index (χ4v) is 1.94. The Morgan fingerprint density at radius 3 is 2.71 bits per heavy atom. The lowest BCUT2D eigenvalue weighted by molar-refractivity contribution is 0.102. The van der Waals surface area contributed by atoms with Crippen molar-refractivity contribution in [3.8, 4) is 5.88 Å². The SMILES string of the molecule is COc1ccc(C(=O)Nc2cccc3cccnc23)nn1. The molecule has 1 aromatic carbocycles. The van der Waals surface area contributed by atoms with E-state index in [0.717, 1.165) is 10.9 Å². The minimum atomic E-state index is -0.344. The molecule has 0 saturated heterocycles. The highest BCUT2D eigenvalue weighted by Gasteiger charge is 2.11. The molecule has 0 bridgehead atoms. The Balaban J connectivity index is 1.89. The number of rotatable bonds is 3.